The van der Waals surface area contributed by atoms with Crippen LogP contribution in [0.15, 0.2) is 48.5 Å². The van der Waals surface area contributed by atoms with Gasteiger partial charge in [-0.25, -0.2) is 4.79 Å². The van der Waals surface area contributed by atoms with E-state index in [2.05, 4.69) is 15.4 Å². The summed E-state index contributed by atoms with van der Waals surface area (Å²) in [6, 6.07) is 14.1. The van der Waals surface area contributed by atoms with E-state index in [0.717, 1.165) is 11.1 Å². The third-order valence-corrected chi connectivity index (χ3v) is 4.23. The zero-order valence-electron chi connectivity index (χ0n) is 16.0. The highest BCUT2D eigenvalue weighted by atomic mass is 16.5. The van der Waals surface area contributed by atoms with Gasteiger partial charge in [0.15, 0.2) is 0 Å². The van der Waals surface area contributed by atoms with E-state index in [9.17, 15) is 14.4 Å². The van der Waals surface area contributed by atoms with Crippen molar-refractivity contribution < 1.29 is 19.1 Å². The van der Waals surface area contributed by atoms with Crippen molar-refractivity contribution in [2.24, 2.45) is 5.41 Å². The average molecular weight is 368 g/mol. The summed E-state index contributed by atoms with van der Waals surface area (Å²) in [6.07, 6.45) is 0. The number of esters is 1. The first-order valence-corrected chi connectivity index (χ1v) is 8.57. The van der Waals surface area contributed by atoms with Crippen LogP contribution in [0.5, 0.6) is 0 Å². The fourth-order valence-electron chi connectivity index (χ4n) is 2.42. The molecular formula is C21H24N2O4. The van der Waals surface area contributed by atoms with E-state index in [0.29, 0.717) is 17.8 Å². The second-order valence-electron chi connectivity index (χ2n) is 6.82. The van der Waals surface area contributed by atoms with Crippen molar-refractivity contribution in [1.82, 2.24) is 5.32 Å². The van der Waals surface area contributed by atoms with Crippen LogP contribution in [0.4, 0.5) is 5.69 Å². The predicted octanol–water partition coefficient (Wildman–Crippen LogP) is 3.06. The molecule has 2 aromatic carbocycles. The van der Waals surface area contributed by atoms with Crippen molar-refractivity contribution in [3.63, 3.8) is 0 Å². The van der Waals surface area contributed by atoms with Gasteiger partial charge in [-0.1, -0.05) is 29.8 Å². The van der Waals surface area contributed by atoms with Gasteiger partial charge in [0.25, 0.3) is 0 Å². The molecule has 6 heteroatoms. The van der Waals surface area contributed by atoms with E-state index >= 15 is 0 Å². The van der Waals surface area contributed by atoms with Crippen molar-refractivity contribution in [2.45, 2.75) is 27.3 Å². The zero-order valence-corrected chi connectivity index (χ0v) is 16.0. The lowest BCUT2D eigenvalue weighted by Gasteiger charge is -2.23. The second-order valence-corrected chi connectivity index (χ2v) is 6.82. The average Bonchev–Trinajstić information content (AvgIpc) is 2.66. The van der Waals surface area contributed by atoms with E-state index in [1.165, 1.54) is 7.11 Å². The molecule has 0 spiro atoms. The van der Waals surface area contributed by atoms with Crippen LogP contribution in [-0.2, 0) is 20.9 Å². The first kappa shape index (κ1) is 20.2. The van der Waals surface area contributed by atoms with Crippen molar-refractivity contribution in [1.29, 1.82) is 0 Å². The van der Waals surface area contributed by atoms with Crippen LogP contribution in [0, 0.1) is 12.3 Å². The smallest absolute Gasteiger partial charge is 0.337 e. The topological polar surface area (TPSA) is 84.5 Å². The van der Waals surface area contributed by atoms with E-state index in [1.807, 2.05) is 31.2 Å². The van der Waals surface area contributed by atoms with Gasteiger partial charge in [-0.15, -0.1) is 0 Å². The maximum absolute atomic E-state index is 12.6. The summed E-state index contributed by atoms with van der Waals surface area (Å²) in [4.78, 5) is 36.5. The Hall–Kier alpha value is -3.15. The highest BCUT2D eigenvalue weighted by Crippen LogP contribution is 2.20. The molecule has 2 N–H and O–H groups in total. The molecule has 6 nitrogen and oxygen atoms in total. The maximum Gasteiger partial charge on any atom is 0.337 e. The summed E-state index contributed by atoms with van der Waals surface area (Å²) >= 11 is 0. The number of anilines is 1. The molecule has 0 fully saturated rings. The third-order valence-electron chi connectivity index (χ3n) is 4.23. The standard InChI is InChI=1S/C21H24N2O4/c1-14-6-5-7-15(12-14)13-22-19(25)21(2,3)20(26)23-17-10-8-16(9-11-17)18(24)27-4/h5-12H,13H2,1-4H3,(H,22,25)(H,23,26). The number of hydrogen-bond donors (Lipinski definition) is 2. The summed E-state index contributed by atoms with van der Waals surface area (Å²) in [5.74, 6) is -1.26. The largest absolute Gasteiger partial charge is 0.465 e. The summed E-state index contributed by atoms with van der Waals surface area (Å²) < 4.78 is 4.63. The molecule has 142 valence electrons. The van der Waals surface area contributed by atoms with Crippen LogP contribution in [0.3, 0.4) is 0 Å². The van der Waals surface area contributed by atoms with Gasteiger partial charge in [0, 0.05) is 12.2 Å². The summed E-state index contributed by atoms with van der Waals surface area (Å²) in [6.45, 7) is 5.46. The lowest BCUT2D eigenvalue weighted by Crippen LogP contribution is -2.44. The van der Waals surface area contributed by atoms with Gasteiger partial charge in [-0.3, -0.25) is 9.59 Å². The van der Waals surface area contributed by atoms with Crippen LogP contribution in [0.2, 0.25) is 0 Å². The van der Waals surface area contributed by atoms with Crippen molar-refractivity contribution in [3.05, 3.63) is 65.2 Å². The Morgan fingerprint density at radius 1 is 1.00 bits per heavy atom. The molecule has 2 aromatic rings. The lowest BCUT2D eigenvalue weighted by atomic mass is 9.90. The normalized spacial score (nSPS) is 10.8. The number of hydrogen-bond acceptors (Lipinski definition) is 4. The van der Waals surface area contributed by atoms with E-state index in [1.54, 1.807) is 38.1 Å². The number of carbonyl (C=O) groups excluding carboxylic acids is 3. The minimum atomic E-state index is -1.26. The molecule has 0 radical (unpaired) electrons. The fourth-order valence-corrected chi connectivity index (χ4v) is 2.42. The number of ether oxygens (including phenoxy) is 1. The molecule has 0 atom stereocenters. The Morgan fingerprint density at radius 2 is 1.67 bits per heavy atom. The molecule has 0 unspecified atom stereocenters. The Bertz CT molecular complexity index is 842. The molecule has 0 aromatic heterocycles. The number of benzene rings is 2. The van der Waals surface area contributed by atoms with Gasteiger partial charge in [0.05, 0.1) is 12.7 Å². The van der Waals surface area contributed by atoms with Crippen LogP contribution < -0.4 is 10.6 Å². The first-order chi connectivity index (χ1) is 12.7. The van der Waals surface area contributed by atoms with Crippen LogP contribution in [0.1, 0.15) is 35.3 Å². The zero-order chi connectivity index (χ0) is 20.0. The number of rotatable bonds is 6. The quantitative estimate of drug-likeness (QED) is 0.606. The van der Waals surface area contributed by atoms with Gasteiger partial charge in [-0.2, -0.15) is 0 Å². The number of methoxy groups -OCH3 is 1. The van der Waals surface area contributed by atoms with Gasteiger partial charge in [0.1, 0.15) is 5.41 Å². The molecule has 0 aliphatic heterocycles. The van der Waals surface area contributed by atoms with E-state index in [-0.39, 0.29) is 5.91 Å². The second kappa shape index (κ2) is 8.49. The molecule has 0 saturated heterocycles. The molecule has 2 rings (SSSR count). The van der Waals surface area contributed by atoms with Gasteiger partial charge < -0.3 is 15.4 Å². The van der Waals surface area contributed by atoms with E-state index in [4.69, 9.17) is 0 Å². The summed E-state index contributed by atoms with van der Waals surface area (Å²) in [5.41, 5.74) is 1.69. The van der Waals surface area contributed by atoms with Crippen LogP contribution in [-0.4, -0.2) is 24.9 Å². The monoisotopic (exact) mass is 368 g/mol. The minimum absolute atomic E-state index is 0.352. The summed E-state index contributed by atoms with van der Waals surface area (Å²) in [5, 5.41) is 5.51. The molecule has 0 bridgehead atoms. The lowest BCUT2D eigenvalue weighted by molar-refractivity contribution is -0.138. The molecule has 0 saturated carbocycles. The molecule has 2 amide bonds. The number of carbonyl (C=O) groups is 3. The van der Waals surface area contributed by atoms with E-state index < -0.39 is 17.3 Å². The molecular weight excluding hydrogens is 344 g/mol. The molecule has 0 heterocycles. The Balaban J connectivity index is 1.98. The number of aryl methyl sites for hydroxylation is 1. The number of amides is 2. The Labute approximate surface area is 158 Å². The fraction of sp³-hybridized carbons (Fsp3) is 0.286. The van der Waals surface area contributed by atoms with Gasteiger partial charge in [-0.05, 0) is 50.6 Å². The predicted molar refractivity (Wildman–Crippen MR) is 103 cm³/mol. The Morgan fingerprint density at radius 3 is 2.26 bits per heavy atom. The van der Waals surface area contributed by atoms with Crippen molar-refractivity contribution in [2.75, 3.05) is 12.4 Å². The van der Waals surface area contributed by atoms with Crippen molar-refractivity contribution >= 4 is 23.5 Å². The summed E-state index contributed by atoms with van der Waals surface area (Å²) in [7, 11) is 1.30. The van der Waals surface area contributed by atoms with Gasteiger partial charge >= 0.3 is 5.97 Å². The van der Waals surface area contributed by atoms with Crippen LogP contribution in [0.25, 0.3) is 0 Å². The highest BCUT2D eigenvalue weighted by Gasteiger charge is 2.35. The van der Waals surface area contributed by atoms with Gasteiger partial charge in [0.2, 0.25) is 11.8 Å². The molecule has 0 aliphatic rings. The molecule has 0 aliphatic carbocycles. The molecule has 27 heavy (non-hydrogen) atoms. The Kier molecular flexibility index (Phi) is 6.34. The first-order valence-electron chi connectivity index (χ1n) is 8.57. The highest BCUT2D eigenvalue weighted by molar-refractivity contribution is 6.09. The minimum Gasteiger partial charge on any atom is -0.465 e. The number of nitrogens with one attached hydrogen (secondary N) is 2. The third kappa shape index (κ3) is 5.17. The van der Waals surface area contributed by atoms with Crippen LogP contribution >= 0.6 is 0 Å². The van der Waals surface area contributed by atoms with Crippen molar-refractivity contribution in [3.8, 4) is 0 Å². The SMILES string of the molecule is COC(=O)c1ccc(NC(=O)C(C)(C)C(=O)NCc2cccc(C)c2)cc1. The maximum atomic E-state index is 12.6.